The van der Waals surface area contributed by atoms with E-state index in [0.717, 1.165) is 5.56 Å². The number of hydrogen-bond acceptors (Lipinski definition) is 3. The molecule has 0 unspecified atom stereocenters. The van der Waals surface area contributed by atoms with E-state index in [9.17, 15) is 13.2 Å². The number of nitrogens with zero attached hydrogens (tertiary/aromatic N) is 2. The van der Waals surface area contributed by atoms with E-state index in [1.165, 1.54) is 9.87 Å². The van der Waals surface area contributed by atoms with Crippen LogP contribution in [0.15, 0.2) is 24.3 Å². The second-order valence-electron chi connectivity index (χ2n) is 6.19. The van der Waals surface area contributed by atoms with Crippen LogP contribution in [0.5, 0.6) is 0 Å². The minimum absolute atomic E-state index is 0.0766. The summed E-state index contributed by atoms with van der Waals surface area (Å²) >= 11 is 0. The Morgan fingerprint density at radius 1 is 1.26 bits per heavy atom. The zero-order valence-corrected chi connectivity index (χ0v) is 15.0. The number of carbonyl (C=O) groups is 1. The molecule has 2 rings (SSSR count). The molecule has 1 saturated heterocycles. The number of benzene rings is 1. The lowest BCUT2D eigenvalue weighted by Gasteiger charge is -2.32. The largest absolute Gasteiger partial charge is 0.341 e. The van der Waals surface area contributed by atoms with Gasteiger partial charge >= 0.3 is 0 Å². The Morgan fingerprint density at radius 3 is 2.43 bits per heavy atom. The molecule has 0 aromatic heterocycles. The highest BCUT2D eigenvalue weighted by atomic mass is 32.2. The molecule has 1 aliphatic rings. The van der Waals surface area contributed by atoms with Crippen molar-refractivity contribution in [3.63, 3.8) is 0 Å². The fourth-order valence-electron chi connectivity index (χ4n) is 3.00. The topological polar surface area (TPSA) is 57.7 Å². The molecule has 0 atom stereocenters. The van der Waals surface area contributed by atoms with Crippen LogP contribution < -0.4 is 0 Å². The van der Waals surface area contributed by atoms with Crippen molar-refractivity contribution >= 4 is 15.9 Å². The van der Waals surface area contributed by atoms with Gasteiger partial charge in [0.25, 0.3) is 0 Å². The van der Waals surface area contributed by atoms with Crippen LogP contribution in [0.4, 0.5) is 0 Å². The zero-order valence-electron chi connectivity index (χ0n) is 14.2. The van der Waals surface area contributed by atoms with E-state index in [-0.39, 0.29) is 17.6 Å². The molecule has 0 radical (unpaired) electrons. The summed E-state index contributed by atoms with van der Waals surface area (Å²) in [6, 6.07) is 8.05. The van der Waals surface area contributed by atoms with Crippen LogP contribution in [0.1, 0.15) is 30.9 Å². The lowest BCUT2D eigenvalue weighted by atomic mass is 9.96. The standard InChI is InChI=1S/C17H26N2O3S/c1-4-23(21,22)19-11-9-15(10-12-19)17(20)18(3)13-16-8-6-5-7-14(16)2/h5-8,15H,4,9-13H2,1-3H3. The first-order valence-corrected chi connectivity index (χ1v) is 9.73. The molecule has 23 heavy (non-hydrogen) atoms. The summed E-state index contributed by atoms with van der Waals surface area (Å²) in [7, 11) is -1.31. The van der Waals surface area contributed by atoms with Gasteiger partial charge in [-0.2, -0.15) is 0 Å². The van der Waals surface area contributed by atoms with Crippen molar-refractivity contribution in [1.29, 1.82) is 0 Å². The van der Waals surface area contributed by atoms with Crippen LogP contribution in [0.3, 0.4) is 0 Å². The van der Waals surface area contributed by atoms with Crippen LogP contribution >= 0.6 is 0 Å². The van der Waals surface area contributed by atoms with Gasteiger partial charge in [-0.1, -0.05) is 24.3 Å². The lowest BCUT2D eigenvalue weighted by Crippen LogP contribution is -2.43. The fraction of sp³-hybridized carbons (Fsp3) is 0.588. The molecule has 1 heterocycles. The molecular weight excluding hydrogens is 312 g/mol. The Morgan fingerprint density at radius 2 is 1.87 bits per heavy atom. The van der Waals surface area contributed by atoms with Gasteiger partial charge in [0.05, 0.1) is 5.75 Å². The molecule has 0 spiro atoms. The van der Waals surface area contributed by atoms with Gasteiger partial charge in [-0.05, 0) is 37.8 Å². The van der Waals surface area contributed by atoms with Gasteiger partial charge in [-0.3, -0.25) is 4.79 Å². The van der Waals surface area contributed by atoms with Gasteiger partial charge in [-0.25, -0.2) is 12.7 Å². The average molecular weight is 338 g/mol. The van der Waals surface area contributed by atoms with Crippen LogP contribution in [-0.2, 0) is 21.4 Å². The minimum Gasteiger partial charge on any atom is -0.341 e. The third-order valence-electron chi connectivity index (χ3n) is 4.61. The van der Waals surface area contributed by atoms with E-state index in [4.69, 9.17) is 0 Å². The van der Waals surface area contributed by atoms with Crippen LogP contribution in [0.2, 0.25) is 0 Å². The molecule has 1 aromatic carbocycles. The van der Waals surface area contributed by atoms with E-state index >= 15 is 0 Å². The van der Waals surface area contributed by atoms with E-state index < -0.39 is 10.0 Å². The Hall–Kier alpha value is -1.40. The number of sulfonamides is 1. The van der Waals surface area contributed by atoms with E-state index in [0.29, 0.717) is 32.5 Å². The number of amides is 1. The van der Waals surface area contributed by atoms with Gasteiger partial charge in [0, 0.05) is 32.6 Å². The van der Waals surface area contributed by atoms with Crippen molar-refractivity contribution in [1.82, 2.24) is 9.21 Å². The minimum atomic E-state index is -3.14. The normalized spacial score (nSPS) is 17.2. The molecule has 1 aliphatic heterocycles. The van der Waals surface area contributed by atoms with Crippen molar-refractivity contribution in [3.05, 3.63) is 35.4 Å². The fourth-order valence-corrected chi connectivity index (χ4v) is 4.13. The number of piperidine rings is 1. The van der Waals surface area contributed by atoms with Gasteiger partial charge < -0.3 is 4.90 Å². The maximum Gasteiger partial charge on any atom is 0.225 e. The molecule has 6 heteroatoms. The maximum atomic E-state index is 12.6. The number of hydrogen-bond donors (Lipinski definition) is 0. The van der Waals surface area contributed by atoms with E-state index in [1.54, 1.807) is 11.8 Å². The molecule has 0 aliphatic carbocycles. The molecule has 0 saturated carbocycles. The molecule has 128 valence electrons. The van der Waals surface area contributed by atoms with Crippen molar-refractivity contribution in [2.75, 3.05) is 25.9 Å². The Bertz CT molecular complexity index is 650. The summed E-state index contributed by atoms with van der Waals surface area (Å²) in [5.74, 6) is 0.160. The highest BCUT2D eigenvalue weighted by Crippen LogP contribution is 2.22. The SMILES string of the molecule is CCS(=O)(=O)N1CCC(C(=O)N(C)Cc2ccccc2C)CC1. The molecule has 0 bridgehead atoms. The van der Waals surface area contributed by atoms with Crippen LogP contribution in [0, 0.1) is 12.8 Å². The second kappa shape index (κ2) is 7.45. The van der Waals surface area contributed by atoms with E-state index in [2.05, 4.69) is 0 Å². The molecule has 5 nitrogen and oxygen atoms in total. The second-order valence-corrected chi connectivity index (χ2v) is 8.45. The maximum absolute atomic E-state index is 12.6. The van der Waals surface area contributed by atoms with Crippen molar-refractivity contribution in [2.24, 2.45) is 5.92 Å². The summed E-state index contributed by atoms with van der Waals surface area (Å²) in [5.41, 5.74) is 2.32. The van der Waals surface area contributed by atoms with Crippen molar-refractivity contribution in [2.45, 2.75) is 33.2 Å². The molecule has 1 aromatic rings. The van der Waals surface area contributed by atoms with E-state index in [1.807, 2.05) is 38.2 Å². The van der Waals surface area contributed by atoms with Gasteiger partial charge in [0.2, 0.25) is 15.9 Å². The highest BCUT2D eigenvalue weighted by Gasteiger charge is 2.31. The van der Waals surface area contributed by atoms with Gasteiger partial charge in [0.15, 0.2) is 0 Å². The van der Waals surface area contributed by atoms with Crippen molar-refractivity contribution in [3.8, 4) is 0 Å². The molecular formula is C17H26N2O3S. The van der Waals surface area contributed by atoms with Gasteiger partial charge in [-0.15, -0.1) is 0 Å². The lowest BCUT2D eigenvalue weighted by molar-refractivity contribution is -0.135. The highest BCUT2D eigenvalue weighted by molar-refractivity contribution is 7.89. The first-order valence-electron chi connectivity index (χ1n) is 8.12. The Kier molecular flexibility index (Phi) is 5.81. The first-order chi connectivity index (χ1) is 10.8. The van der Waals surface area contributed by atoms with Crippen LogP contribution in [0.25, 0.3) is 0 Å². The summed E-state index contributed by atoms with van der Waals surface area (Å²) in [4.78, 5) is 14.4. The summed E-state index contributed by atoms with van der Waals surface area (Å²) in [5, 5.41) is 0. The quantitative estimate of drug-likeness (QED) is 0.825. The number of rotatable bonds is 5. The summed E-state index contributed by atoms with van der Waals surface area (Å²) < 4.78 is 25.3. The third-order valence-corrected chi connectivity index (χ3v) is 6.49. The predicted octanol–water partition coefficient (Wildman–Crippen LogP) is 2.02. The third kappa shape index (κ3) is 4.32. The molecule has 0 N–H and O–H groups in total. The number of aryl methyl sites for hydroxylation is 1. The first kappa shape index (κ1) is 17.9. The smallest absolute Gasteiger partial charge is 0.225 e. The van der Waals surface area contributed by atoms with Crippen molar-refractivity contribution < 1.29 is 13.2 Å². The predicted molar refractivity (Wildman–Crippen MR) is 91.4 cm³/mol. The summed E-state index contributed by atoms with van der Waals surface area (Å²) in [6.07, 6.45) is 1.21. The monoisotopic (exact) mass is 338 g/mol. The van der Waals surface area contributed by atoms with Gasteiger partial charge in [0.1, 0.15) is 0 Å². The Balaban J connectivity index is 1.93. The molecule has 1 amide bonds. The number of carbonyl (C=O) groups excluding carboxylic acids is 1. The Labute approximate surface area is 139 Å². The molecule has 1 fully saturated rings. The zero-order chi connectivity index (χ0) is 17.0. The summed E-state index contributed by atoms with van der Waals surface area (Å²) in [6.45, 7) is 5.19. The van der Waals surface area contributed by atoms with Crippen LogP contribution in [-0.4, -0.2) is 49.4 Å². The average Bonchev–Trinajstić information content (AvgIpc) is 2.56.